The standard InChI is InChI=1S/C16H23F2NO2/c1-10(19-13-9-14(20-4)16(13,2)3)11-6-5-7-12(8-11)21-15(17)18/h5-8,10,13-15,19H,9H2,1-4H3. The summed E-state index contributed by atoms with van der Waals surface area (Å²) >= 11 is 0. The lowest BCUT2D eigenvalue weighted by atomic mass is 9.64. The van der Waals surface area contributed by atoms with E-state index in [-0.39, 0.29) is 23.3 Å². The van der Waals surface area contributed by atoms with Crippen LogP contribution in [0.4, 0.5) is 8.78 Å². The predicted molar refractivity (Wildman–Crippen MR) is 77.6 cm³/mol. The highest BCUT2D eigenvalue weighted by Gasteiger charge is 2.48. The Morgan fingerprint density at radius 1 is 1.33 bits per heavy atom. The second kappa shape index (κ2) is 6.28. The Labute approximate surface area is 124 Å². The van der Waals surface area contributed by atoms with Gasteiger partial charge in [-0.3, -0.25) is 0 Å². The molecule has 0 aromatic heterocycles. The number of rotatable bonds is 6. The van der Waals surface area contributed by atoms with Crippen LogP contribution in [-0.4, -0.2) is 25.9 Å². The van der Waals surface area contributed by atoms with Crippen LogP contribution >= 0.6 is 0 Å². The maximum atomic E-state index is 12.3. The first-order valence-corrected chi connectivity index (χ1v) is 7.18. The van der Waals surface area contributed by atoms with Crippen molar-refractivity contribution in [2.45, 2.75) is 52.0 Å². The molecule has 1 saturated carbocycles. The zero-order chi connectivity index (χ0) is 15.6. The van der Waals surface area contributed by atoms with Crippen LogP contribution < -0.4 is 10.1 Å². The number of alkyl halides is 2. The summed E-state index contributed by atoms with van der Waals surface area (Å²) in [6, 6.07) is 7.25. The summed E-state index contributed by atoms with van der Waals surface area (Å²) in [5.41, 5.74) is 1.00. The summed E-state index contributed by atoms with van der Waals surface area (Å²) in [6.45, 7) is 3.57. The fourth-order valence-electron chi connectivity index (χ4n) is 2.93. The number of hydrogen-bond donors (Lipinski definition) is 1. The first kappa shape index (κ1) is 16.2. The summed E-state index contributed by atoms with van der Waals surface area (Å²) in [7, 11) is 1.73. The van der Waals surface area contributed by atoms with Crippen molar-refractivity contribution < 1.29 is 18.3 Å². The molecule has 0 amide bonds. The summed E-state index contributed by atoms with van der Waals surface area (Å²) in [5.74, 6) is 0.193. The molecule has 0 radical (unpaired) electrons. The number of methoxy groups -OCH3 is 1. The molecule has 1 fully saturated rings. The smallest absolute Gasteiger partial charge is 0.387 e. The van der Waals surface area contributed by atoms with Gasteiger partial charge >= 0.3 is 6.61 Å². The predicted octanol–water partition coefficient (Wildman–Crippen LogP) is 3.75. The van der Waals surface area contributed by atoms with Gasteiger partial charge in [-0.05, 0) is 31.0 Å². The molecule has 0 aliphatic heterocycles. The highest BCUT2D eigenvalue weighted by Crippen LogP contribution is 2.43. The van der Waals surface area contributed by atoms with Gasteiger partial charge in [0, 0.05) is 24.6 Å². The number of halogens is 2. The molecule has 0 heterocycles. The maximum absolute atomic E-state index is 12.3. The van der Waals surface area contributed by atoms with E-state index < -0.39 is 6.61 Å². The third-order valence-electron chi connectivity index (χ3n) is 4.50. The van der Waals surface area contributed by atoms with Gasteiger partial charge in [-0.15, -0.1) is 0 Å². The second-order valence-electron chi connectivity index (χ2n) is 6.17. The summed E-state index contributed by atoms with van der Waals surface area (Å²) < 4.78 is 34.4. The summed E-state index contributed by atoms with van der Waals surface area (Å²) in [5, 5.41) is 3.54. The fraction of sp³-hybridized carbons (Fsp3) is 0.625. The molecule has 0 saturated heterocycles. The minimum absolute atomic E-state index is 0.0632. The molecule has 0 bridgehead atoms. The van der Waals surface area contributed by atoms with Gasteiger partial charge in [-0.2, -0.15) is 8.78 Å². The zero-order valence-electron chi connectivity index (χ0n) is 12.9. The van der Waals surface area contributed by atoms with Crippen LogP contribution in [0.2, 0.25) is 0 Å². The molecule has 3 unspecified atom stereocenters. The summed E-state index contributed by atoms with van der Waals surface area (Å²) in [6.07, 6.45) is 1.22. The SMILES string of the molecule is COC1CC(NC(C)c2cccc(OC(F)F)c2)C1(C)C. The Hall–Kier alpha value is -1.20. The second-order valence-corrected chi connectivity index (χ2v) is 6.17. The Bertz CT molecular complexity index is 479. The van der Waals surface area contributed by atoms with Crippen LogP contribution in [0.5, 0.6) is 5.75 Å². The molecule has 3 nitrogen and oxygen atoms in total. The van der Waals surface area contributed by atoms with Crippen molar-refractivity contribution in [3.8, 4) is 5.75 Å². The average Bonchev–Trinajstić information content (AvgIpc) is 2.42. The van der Waals surface area contributed by atoms with Crippen LogP contribution in [-0.2, 0) is 4.74 Å². The topological polar surface area (TPSA) is 30.5 Å². The average molecular weight is 299 g/mol. The molecule has 21 heavy (non-hydrogen) atoms. The molecule has 1 aliphatic carbocycles. The van der Waals surface area contributed by atoms with E-state index in [1.807, 2.05) is 13.0 Å². The van der Waals surface area contributed by atoms with E-state index in [9.17, 15) is 8.78 Å². The maximum Gasteiger partial charge on any atom is 0.387 e. The van der Waals surface area contributed by atoms with Gasteiger partial charge in [0.1, 0.15) is 5.75 Å². The van der Waals surface area contributed by atoms with Crippen LogP contribution in [0.25, 0.3) is 0 Å². The Morgan fingerprint density at radius 2 is 2.05 bits per heavy atom. The highest BCUT2D eigenvalue weighted by atomic mass is 19.3. The van der Waals surface area contributed by atoms with Crippen molar-refractivity contribution in [2.75, 3.05) is 7.11 Å². The van der Waals surface area contributed by atoms with E-state index in [1.54, 1.807) is 19.2 Å². The molecule has 1 aromatic carbocycles. The number of hydrogen-bond acceptors (Lipinski definition) is 3. The quantitative estimate of drug-likeness (QED) is 0.867. The molecule has 5 heteroatoms. The molecule has 1 N–H and O–H groups in total. The largest absolute Gasteiger partial charge is 0.435 e. The van der Waals surface area contributed by atoms with Crippen LogP contribution in [0, 0.1) is 5.41 Å². The Kier molecular flexibility index (Phi) is 4.84. The van der Waals surface area contributed by atoms with E-state index in [0.29, 0.717) is 6.04 Å². The molecule has 1 aromatic rings. The lowest BCUT2D eigenvalue weighted by Gasteiger charge is -2.52. The third kappa shape index (κ3) is 3.52. The highest BCUT2D eigenvalue weighted by molar-refractivity contribution is 5.30. The first-order chi connectivity index (χ1) is 9.84. The van der Waals surface area contributed by atoms with Gasteiger partial charge < -0.3 is 14.8 Å². The van der Waals surface area contributed by atoms with E-state index >= 15 is 0 Å². The molecule has 0 spiro atoms. The van der Waals surface area contributed by atoms with Crippen LogP contribution in [0.3, 0.4) is 0 Å². The molecular weight excluding hydrogens is 276 g/mol. The van der Waals surface area contributed by atoms with Gasteiger partial charge in [-0.1, -0.05) is 26.0 Å². The van der Waals surface area contributed by atoms with Crippen molar-refractivity contribution >= 4 is 0 Å². The zero-order valence-corrected chi connectivity index (χ0v) is 12.9. The molecule has 118 valence electrons. The van der Waals surface area contributed by atoms with Gasteiger partial charge in [0.05, 0.1) is 6.10 Å². The first-order valence-electron chi connectivity index (χ1n) is 7.18. The van der Waals surface area contributed by atoms with E-state index in [4.69, 9.17) is 4.74 Å². The fourth-order valence-corrected chi connectivity index (χ4v) is 2.93. The Morgan fingerprint density at radius 3 is 2.62 bits per heavy atom. The van der Waals surface area contributed by atoms with Gasteiger partial charge in [-0.25, -0.2) is 0 Å². The molecule has 1 aliphatic rings. The molecular formula is C16H23F2NO2. The van der Waals surface area contributed by atoms with E-state index in [2.05, 4.69) is 23.9 Å². The lowest BCUT2D eigenvalue weighted by molar-refractivity contribution is -0.0999. The van der Waals surface area contributed by atoms with Gasteiger partial charge in [0.25, 0.3) is 0 Å². The lowest BCUT2D eigenvalue weighted by Crippen LogP contribution is -2.60. The van der Waals surface area contributed by atoms with Crippen LogP contribution in [0.15, 0.2) is 24.3 Å². The number of ether oxygens (including phenoxy) is 2. The summed E-state index contributed by atoms with van der Waals surface area (Å²) in [4.78, 5) is 0. The minimum Gasteiger partial charge on any atom is -0.435 e. The molecule has 2 rings (SSSR count). The monoisotopic (exact) mass is 299 g/mol. The minimum atomic E-state index is -2.79. The number of benzene rings is 1. The van der Waals surface area contributed by atoms with Crippen LogP contribution in [0.1, 0.15) is 38.8 Å². The van der Waals surface area contributed by atoms with Gasteiger partial charge in [0.2, 0.25) is 0 Å². The van der Waals surface area contributed by atoms with Crippen molar-refractivity contribution in [3.05, 3.63) is 29.8 Å². The van der Waals surface area contributed by atoms with Crippen molar-refractivity contribution in [2.24, 2.45) is 5.41 Å². The Balaban J connectivity index is 1.99. The normalized spacial score (nSPS) is 25.5. The van der Waals surface area contributed by atoms with Gasteiger partial charge in [0.15, 0.2) is 0 Å². The number of nitrogens with one attached hydrogen (secondary N) is 1. The van der Waals surface area contributed by atoms with E-state index in [0.717, 1.165) is 12.0 Å². The van der Waals surface area contributed by atoms with E-state index in [1.165, 1.54) is 6.07 Å². The molecule has 3 atom stereocenters. The van der Waals surface area contributed by atoms with Crippen molar-refractivity contribution in [1.29, 1.82) is 0 Å². The van der Waals surface area contributed by atoms with Crippen molar-refractivity contribution in [1.82, 2.24) is 5.32 Å². The van der Waals surface area contributed by atoms with Crippen molar-refractivity contribution in [3.63, 3.8) is 0 Å². The third-order valence-corrected chi connectivity index (χ3v) is 4.50.